The Morgan fingerprint density at radius 3 is 2.78 bits per heavy atom. The number of hydrazone groups is 1. The second-order valence-electron chi connectivity index (χ2n) is 3.51. The molecule has 0 saturated carbocycles. The number of aromatic nitrogens is 1. The van der Waals surface area contributed by atoms with Crippen LogP contribution >= 0.6 is 0 Å². The van der Waals surface area contributed by atoms with E-state index in [4.69, 9.17) is 5.11 Å². The smallest absolute Gasteiger partial charge is 0.303 e. The van der Waals surface area contributed by atoms with Crippen molar-refractivity contribution in [3.05, 3.63) is 28.4 Å². The van der Waals surface area contributed by atoms with Gasteiger partial charge in [0, 0.05) is 11.8 Å². The van der Waals surface area contributed by atoms with Gasteiger partial charge in [0.15, 0.2) is 0 Å². The van der Waals surface area contributed by atoms with Crippen LogP contribution in [0.2, 0.25) is 0 Å². The molecule has 8 nitrogen and oxygen atoms in total. The monoisotopic (exact) mass is 252 g/mol. The van der Waals surface area contributed by atoms with Crippen LogP contribution in [-0.2, 0) is 4.79 Å². The van der Waals surface area contributed by atoms with Crippen LogP contribution in [0.5, 0.6) is 0 Å². The van der Waals surface area contributed by atoms with Gasteiger partial charge in [-0.05, 0) is 19.4 Å². The van der Waals surface area contributed by atoms with E-state index in [9.17, 15) is 14.9 Å². The van der Waals surface area contributed by atoms with Crippen molar-refractivity contribution in [1.82, 2.24) is 4.98 Å². The van der Waals surface area contributed by atoms with Gasteiger partial charge in [-0.25, -0.2) is 4.98 Å². The first-order valence-corrected chi connectivity index (χ1v) is 5.10. The van der Waals surface area contributed by atoms with Gasteiger partial charge < -0.3 is 5.11 Å². The Balaban J connectivity index is 2.54. The standard InChI is InChI=1S/C10H12N4O4/c1-7(2-5-10(15)16)12-13-9-4-3-8(6-11-9)14(17)18/h3-4,6H,2,5H2,1H3,(H,11,13)(H,15,16). The number of hydrogen-bond donors (Lipinski definition) is 2. The maximum absolute atomic E-state index is 10.4. The van der Waals surface area contributed by atoms with Gasteiger partial charge in [0.05, 0.1) is 11.3 Å². The third-order valence-corrected chi connectivity index (χ3v) is 2.02. The number of nitrogens with one attached hydrogen (secondary N) is 1. The molecule has 0 atom stereocenters. The summed E-state index contributed by atoms with van der Waals surface area (Å²) in [5.41, 5.74) is 3.10. The lowest BCUT2D eigenvalue weighted by Gasteiger charge is -2.01. The molecule has 0 bridgehead atoms. The van der Waals surface area contributed by atoms with E-state index in [1.165, 1.54) is 12.1 Å². The summed E-state index contributed by atoms with van der Waals surface area (Å²) in [5.74, 6) is -0.534. The minimum absolute atomic E-state index is 0.00467. The summed E-state index contributed by atoms with van der Waals surface area (Å²) in [6.07, 6.45) is 1.45. The molecule has 1 aromatic rings. The molecule has 0 aliphatic heterocycles. The van der Waals surface area contributed by atoms with Crippen molar-refractivity contribution in [2.24, 2.45) is 5.10 Å². The van der Waals surface area contributed by atoms with Gasteiger partial charge in [-0.2, -0.15) is 5.10 Å². The molecule has 0 fully saturated rings. The number of hydrogen-bond acceptors (Lipinski definition) is 6. The maximum atomic E-state index is 10.4. The second kappa shape index (κ2) is 6.28. The summed E-state index contributed by atoms with van der Waals surface area (Å²) < 4.78 is 0. The highest BCUT2D eigenvalue weighted by Gasteiger charge is 2.04. The van der Waals surface area contributed by atoms with Crippen molar-refractivity contribution in [3.63, 3.8) is 0 Å². The molecule has 1 heterocycles. The zero-order valence-electron chi connectivity index (χ0n) is 9.66. The van der Waals surface area contributed by atoms with Crippen LogP contribution in [0, 0.1) is 10.1 Å². The number of carbonyl (C=O) groups is 1. The number of carboxylic acids is 1. The lowest BCUT2D eigenvalue weighted by Crippen LogP contribution is -2.03. The summed E-state index contributed by atoms with van der Waals surface area (Å²) in [6.45, 7) is 1.68. The number of carboxylic acid groups (broad SMARTS) is 1. The van der Waals surface area contributed by atoms with Crippen LogP contribution in [0.1, 0.15) is 19.8 Å². The summed E-state index contributed by atoms with van der Waals surface area (Å²) in [4.78, 5) is 24.0. The highest BCUT2D eigenvalue weighted by molar-refractivity contribution is 5.85. The van der Waals surface area contributed by atoms with E-state index in [-0.39, 0.29) is 12.1 Å². The summed E-state index contributed by atoms with van der Waals surface area (Å²) in [5, 5.41) is 22.8. The van der Waals surface area contributed by atoms with Gasteiger partial charge in [-0.1, -0.05) is 0 Å². The van der Waals surface area contributed by atoms with E-state index in [0.29, 0.717) is 18.0 Å². The maximum Gasteiger partial charge on any atom is 0.303 e. The van der Waals surface area contributed by atoms with E-state index in [1.54, 1.807) is 6.92 Å². The van der Waals surface area contributed by atoms with Crippen LogP contribution in [0.4, 0.5) is 11.5 Å². The number of nitro groups is 1. The van der Waals surface area contributed by atoms with Gasteiger partial charge in [0.2, 0.25) is 0 Å². The first-order chi connectivity index (χ1) is 8.49. The van der Waals surface area contributed by atoms with Crippen LogP contribution in [0.25, 0.3) is 0 Å². The Bertz CT molecular complexity index is 469. The van der Waals surface area contributed by atoms with Crippen molar-refractivity contribution in [3.8, 4) is 0 Å². The zero-order valence-corrected chi connectivity index (χ0v) is 9.66. The average Bonchev–Trinajstić information content (AvgIpc) is 2.34. The Morgan fingerprint density at radius 1 is 1.56 bits per heavy atom. The van der Waals surface area contributed by atoms with Crippen molar-refractivity contribution < 1.29 is 14.8 Å². The van der Waals surface area contributed by atoms with Gasteiger partial charge in [0.1, 0.15) is 12.0 Å². The van der Waals surface area contributed by atoms with Crippen LogP contribution in [0.3, 0.4) is 0 Å². The lowest BCUT2D eigenvalue weighted by atomic mass is 10.2. The topological polar surface area (TPSA) is 118 Å². The van der Waals surface area contributed by atoms with Crippen molar-refractivity contribution in [1.29, 1.82) is 0 Å². The number of anilines is 1. The third kappa shape index (κ3) is 4.56. The Hall–Kier alpha value is -2.51. The molecule has 1 aromatic heterocycles. The lowest BCUT2D eigenvalue weighted by molar-refractivity contribution is -0.385. The molecule has 2 N–H and O–H groups in total. The summed E-state index contributed by atoms with van der Waals surface area (Å²) >= 11 is 0. The molecule has 0 saturated heterocycles. The molecule has 0 aliphatic rings. The summed E-state index contributed by atoms with van der Waals surface area (Å²) in [6, 6.07) is 2.73. The number of aliphatic carboxylic acids is 1. The van der Waals surface area contributed by atoms with E-state index in [1.807, 2.05) is 0 Å². The van der Waals surface area contributed by atoms with Crippen LogP contribution < -0.4 is 5.43 Å². The molecule has 0 aliphatic carbocycles. The molecule has 1 rings (SSSR count). The Labute approximate surface area is 102 Å². The quantitative estimate of drug-likeness (QED) is 0.451. The normalized spacial score (nSPS) is 11.1. The fourth-order valence-electron chi connectivity index (χ4n) is 1.06. The van der Waals surface area contributed by atoms with E-state index in [2.05, 4.69) is 15.5 Å². The highest BCUT2D eigenvalue weighted by atomic mass is 16.6. The molecule has 0 radical (unpaired) electrons. The van der Waals surface area contributed by atoms with Crippen LogP contribution in [-0.4, -0.2) is 26.7 Å². The molecule has 0 spiro atoms. The highest BCUT2D eigenvalue weighted by Crippen LogP contribution is 2.11. The van der Waals surface area contributed by atoms with Crippen LogP contribution in [0.15, 0.2) is 23.4 Å². The number of rotatable bonds is 6. The molecule has 8 heteroatoms. The minimum atomic E-state index is -0.891. The molecule has 0 amide bonds. The molecule has 96 valence electrons. The molecular weight excluding hydrogens is 240 g/mol. The molecular formula is C10H12N4O4. The fourth-order valence-corrected chi connectivity index (χ4v) is 1.06. The first kappa shape index (κ1) is 13.6. The van der Waals surface area contributed by atoms with E-state index >= 15 is 0 Å². The average molecular weight is 252 g/mol. The van der Waals surface area contributed by atoms with Gasteiger partial charge in [-0.15, -0.1) is 0 Å². The zero-order chi connectivity index (χ0) is 13.5. The third-order valence-electron chi connectivity index (χ3n) is 2.02. The fraction of sp³-hybridized carbons (Fsp3) is 0.300. The van der Waals surface area contributed by atoms with Crippen molar-refractivity contribution >= 4 is 23.2 Å². The van der Waals surface area contributed by atoms with E-state index < -0.39 is 10.9 Å². The van der Waals surface area contributed by atoms with Gasteiger partial charge >= 0.3 is 5.97 Å². The summed E-state index contributed by atoms with van der Waals surface area (Å²) in [7, 11) is 0. The Morgan fingerprint density at radius 2 is 2.28 bits per heavy atom. The largest absolute Gasteiger partial charge is 0.481 e. The first-order valence-electron chi connectivity index (χ1n) is 5.10. The second-order valence-corrected chi connectivity index (χ2v) is 3.51. The van der Waals surface area contributed by atoms with Crippen molar-refractivity contribution in [2.75, 3.05) is 5.43 Å². The van der Waals surface area contributed by atoms with E-state index in [0.717, 1.165) is 6.20 Å². The SMILES string of the molecule is CC(CCC(=O)O)=NNc1ccc([N+](=O)[O-])cn1. The molecule has 0 aromatic carbocycles. The number of pyridine rings is 1. The van der Waals surface area contributed by atoms with Gasteiger partial charge in [0.25, 0.3) is 5.69 Å². The predicted octanol–water partition coefficient (Wildman–Crippen LogP) is 1.64. The van der Waals surface area contributed by atoms with Gasteiger partial charge in [-0.3, -0.25) is 20.3 Å². The molecule has 0 unspecified atom stereocenters. The molecule has 18 heavy (non-hydrogen) atoms. The minimum Gasteiger partial charge on any atom is -0.481 e. The Kier molecular flexibility index (Phi) is 4.73. The van der Waals surface area contributed by atoms with Crippen molar-refractivity contribution in [2.45, 2.75) is 19.8 Å². The number of nitrogens with zero attached hydrogens (tertiary/aromatic N) is 3. The predicted molar refractivity (Wildman–Crippen MR) is 64.5 cm³/mol.